The normalized spacial score (nSPS) is 23.0. The standard InChI is InChI=1S/C13H31N3P2/c1-5-16(18-17)10-12(2)14-11-13(3)6-8-15(4)9-7-13/h12,14,18H,5-11,17H2,1-4H3. The lowest BCUT2D eigenvalue weighted by Gasteiger charge is -2.39. The van der Waals surface area contributed by atoms with Crippen LogP contribution in [-0.2, 0) is 0 Å². The highest BCUT2D eigenvalue weighted by Gasteiger charge is 2.28. The van der Waals surface area contributed by atoms with Gasteiger partial charge in [0.2, 0.25) is 0 Å². The number of piperidine rings is 1. The van der Waals surface area contributed by atoms with Crippen LogP contribution in [0.15, 0.2) is 0 Å². The first-order valence-corrected chi connectivity index (χ1v) is 9.88. The van der Waals surface area contributed by atoms with Gasteiger partial charge in [-0.25, -0.2) is 0 Å². The number of rotatable bonds is 7. The van der Waals surface area contributed by atoms with Gasteiger partial charge in [0.25, 0.3) is 0 Å². The van der Waals surface area contributed by atoms with Crippen LogP contribution in [0.4, 0.5) is 0 Å². The van der Waals surface area contributed by atoms with Crippen molar-refractivity contribution in [2.75, 3.05) is 39.8 Å². The van der Waals surface area contributed by atoms with E-state index in [2.05, 4.69) is 51.6 Å². The molecule has 0 spiro atoms. The fourth-order valence-electron chi connectivity index (χ4n) is 2.42. The Morgan fingerprint density at radius 3 is 2.56 bits per heavy atom. The highest BCUT2D eigenvalue weighted by molar-refractivity contribution is 8.01. The van der Waals surface area contributed by atoms with Gasteiger partial charge >= 0.3 is 0 Å². The quantitative estimate of drug-likeness (QED) is 0.727. The van der Waals surface area contributed by atoms with Crippen LogP contribution in [0, 0.1) is 5.41 Å². The van der Waals surface area contributed by atoms with E-state index in [1.54, 1.807) is 0 Å². The molecule has 18 heavy (non-hydrogen) atoms. The molecule has 0 aromatic heterocycles. The molecule has 1 aliphatic heterocycles. The fraction of sp³-hybridized carbons (Fsp3) is 1.00. The third kappa shape index (κ3) is 5.80. The van der Waals surface area contributed by atoms with E-state index in [1.165, 1.54) is 32.5 Å². The van der Waals surface area contributed by atoms with Crippen LogP contribution in [-0.4, -0.2) is 55.4 Å². The molecule has 1 fully saturated rings. The lowest BCUT2D eigenvalue weighted by Crippen LogP contribution is -2.46. The molecule has 1 heterocycles. The Balaban J connectivity index is 2.26. The first-order valence-electron chi connectivity index (χ1n) is 7.12. The van der Waals surface area contributed by atoms with Gasteiger partial charge in [-0.15, -0.1) is 0 Å². The van der Waals surface area contributed by atoms with Crippen LogP contribution in [0.25, 0.3) is 0 Å². The number of hydrogen-bond acceptors (Lipinski definition) is 3. The Kier molecular flexibility index (Phi) is 7.58. The molecule has 0 aromatic carbocycles. The van der Waals surface area contributed by atoms with Crippen molar-refractivity contribution >= 4 is 17.3 Å². The zero-order valence-electron chi connectivity index (χ0n) is 12.5. The van der Waals surface area contributed by atoms with E-state index >= 15 is 0 Å². The molecule has 0 bridgehead atoms. The van der Waals surface area contributed by atoms with Crippen LogP contribution in [0.2, 0.25) is 0 Å². The topological polar surface area (TPSA) is 18.5 Å². The van der Waals surface area contributed by atoms with Gasteiger partial charge in [-0.1, -0.05) is 22.8 Å². The molecule has 0 amide bonds. The first-order chi connectivity index (χ1) is 8.49. The zero-order valence-corrected chi connectivity index (χ0v) is 14.7. The average Bonchev–Trinajstić information content (AvgIpc) is 2.37. The summed E-state index contributed by atoms with van der Waals surface area (Å²) in [5.41, 5.74) is 0.501. The molecule has 0 aromatic rings. The van der Waals surface area contributed by atoms with Gasteiger partial charge in [-0.2, -0.15) is 0 Å². The smallest absolute Gasteiger partial charge is 0.0173 e. The van der Waals surface area contributed by atoms with Gasteiger partial charge in [0, 0.05) is 19.1 Å². The van der Waals surface area contributed by atoms with E-state index in [4.69, 9.17) is 0 Å². The molecule has 108 valence electrons. The lowest BCUT2D eigenvalue weighted by atomic mass is 9.80. The van der Waals surface area contributed by atoms with Crippen molar-refractivity contribution < 1.29 is 0 Å². The van der Waals surface area contributed by atoms with Crippen molar-refractivity contribution in [3.63, 3.8) is 0 Å². The van der Waals surface area contributed by atoms with Gasteiger partial charge in [0.1, 0.15) is 0 Å². The summed E-state index contributed by atoms with van der Waals surface area (Å²) in [5.74, 6) is 0. The minimum absolute atomic E-state index is 0.501. The summed E-state index contributed by atoms with van der Waals surface area (Å²) < 4.78 is 2.49. The monoisotopic (exact) mass is 291 g/mol. The SMILES string of the molecule is CCN(CC(C)NCC1(C)CCN(C)CC1)PP. The molecule has 3 unspecified atom stereocenters. The molecule has 5 heteroatoms. The number of hydrogen-bond donors (Lipinski definition) is 1. The van der Waals surface area contributed by atoms with Crippen molar-refractivity contribution in [3.05, 3.63) is 0 Å². The predicted molar refractivity (Wildman–Crippen MR) is 87.6 cm³/mol. The van der Waals surface area contributed by atoms with Gasteiger partial charge < -0.3 is 10.2 Å². The second kappa shape index (κ2) is 8.12. The van der Waals surface area contributed by atoms with E-state index in [0.717, 1.165) is 21.5 Å². The number of likely N-dealkylation sites (tertiary alicyclic amines) is 1. The number of nitrogens with one attached hydrogen (secondary N) is 1. The Bertz CT molecular complexity index is 226. The fourth-order valence-corrected chi connectivity index (χ4v) is 3.85. The molecule has 1 aliphatic rings. The molecule has 3 nitrogen and oxygen atoms in total. The van der Waals surface area contributed by atoms with Crippen molar-refractivity contribution in [1.29, 1.82) is 0 Å². The summed E-state index contributed by atoms with van der Waals surface area (Å²) in [6, 6.07) is 0.592. The minimum atomic E-state index is 0.501. The maximum Gasteiger partial charge on any atom is 0.0173 e. The largest absolute Gasteiger partial charge is 0.312 e. The highest BCUT2D eigenvalue weighted by Crippen LogP contribution is 2.30. The van der Waals surface area contributed by atoms with Crippen LogP contribution < -0.4 is 5.32 Å². The highest BCUT2D eigenvalue weighted by atomic mass is 32.0. The van der Waals surface area contributed by atoms with Crippen molar-refractivity contribution in [2.24, 2.45) is 5.41 Å². The van der Waals surface area contributed by atoms with Gasteiger partial charge in [-0.05, 0) is 60.3 Å². The Morgan fingerprint density at radius 2 is 2.06 bits per heavy atom. The summed E-state index contributed by atoms with van der Waals surface area (Å²) in [6.45, 7) is 13.0. The molecular weight excluding hydrogens is 260 g/mol. The third-order valence-electron chi connectivity index (χ3n) is 4.13. The molecule has 1 N–H and O–H groups in total. The second-order valence-corrected chi connectivity index (χ2v) is 7.73. The van der Waals surface area contributed by atoms with Crippen molar-refractivity contribution in [2.45, 2.75) is 39.7 Å². The number of likely N-dealkylation sites (N-methyl/N-ethyl adjacent to an activating group) is 1. The maximum atomic E-state index is 3.74. The Labute approximate surface area is 117 Å². The lowest BCUT2D eigenvalue weighted by molar-refractivity contribution is 0.133. The van der Waals surface area contributed by atoms with Crippen LogP contribution in [0.5, 0.6) is 0 Å². The molecule has 0 aliphatic carbocycles. The predicted octanol–water partition coefficient (Wildman–Crippen LogP) is 2.40. The minimum Gasteiger partial charge on any atom is -0.312 e. The zero-order chi connectivity index (χ0) is 13.6. The second-order valence-electron chi connectivity index (χ2n) is 6.06. The summed E-state index contributed by atoms with van der Waals surface area (Å²) in [5, 5.41) is 3.74. The van der Waals surface area contributed by atoms with E-state index < -0.39 is 0 Å². The summed E-state index contributed by atoms with van der Waals surface area (Å²) >= 11 is 0. The molecule has 0 saturated carbocycles. The van der Waals surface area contributed by atoms with E-state index in [9.17, 15) is 0 Å². The van der Waals surface area contributed by atoms with E-state index in [1.807, 2.05) is 0 Å². The number of nitrogens with zero attached hydrogens (tertiary/aromatic N) is 2. The van der Waals surface area contributed by atoms with Crippen LogP contribution in [0.3, 0.4) is 0 Å². The van der Waals surface area contributed by atoms with Gasteiger partial charge in [0.15, 0.2) is 0 Å². The van der Waals surface area contributed by atoms with E-state index in [-0.39, 0.29) is 0 Å². The van der Waals surface area contributed by atoms with Crippen LogP contribution in [0.1, 0.15) is 33.6 Å². The summed E-state index contributed by atoms with van der Waals surface area (Å²) in [4.78, 5) is 2.44. The van der Waals surface area contributed by atoms with Crippen molar-refractivity contribution in [3.8, 4) is 0 Å². The average molecular weight is 291 g/mol. The molecule has 3 atom stereocenters. The van der Waals surface area contributed by atoms with E-state index in [0.29, 0.717) is 11.5 Å². The molecular formula is C13H31N3P2. The van der Waals surface area contributed by atoms with Gasteiger partial charge in [-0.3, -0.25) is 4.67 Å². The molecule has 1 saturated heterocycles. The molecule has 1 rings (SSSR count). The molecule has 0 radical (unpaired) electrons. The van der Waals surface area contributed by atoms with Gasteiger partial charge in [0.05, 0.1) is 0 Å². The van der Waals surface area contributed by atoms with Crippen molar-refractivity contribution in [1.82, 2.24) is 14.9 Å². The third-order valence-corrected chi connectivity index (χ3v) is 6.09. The maximum absolute atomic E-state index is 3.74. The Hall–Kier alpha value is 0.740. The summed E-state index contributed by atoms with van der Waals surface area (Å²) in [6.07, 6.45) is 2.65. The van der Waals surface area contributed by atoms with Crippen LogP contribution >= 0.6 is 17.3 Å². The Morgan fingerprint density at radius 1 is 1.44 bits per heavy atom. The summed E-state index contributed by atoms with van der Waals surface area (Å²) in [7, 11) is 5.92. The first kappa shape index (κ1) is 16.8.